The molecule has 0 aliphatic carbocycles. The van der Waals surface area contributed by atoms with Gasteiger partial charge in [-0.15, -0.1) is 22.7 Å². The van der Waals surface area contributed by atoms with E-state index in [0.717, 1.165) is 80.1 Å². The molecular weight excluding hydrogens is 979 g/mol. The van der Waals surface area contributed by atoms with Crippen LogP contribution in [-0.2, 0) is 9.47 Å². The van der Waals surface area contributed by atoms with Crippen molar-refractivity contribution in [2.24, 2.45) is 0 Å². The molecule has 6 heterocycles. The minimum absolute atomic E-state index is 0.194. The molecule has 0 saturated carbocycles. The van der Waals surface area contributed by atoms with Gasteiger partial charge in [-0.05, 0) is 129 Å². The van der Waals surface area contributed by atoms with Crippen LogP contribution in [0.3, 0.4) is 0 Å². The van der Waals surface area contributed by atoms with Crippen molar-refractivity contribution in [3.8, 4) is 21.1 Å². The van der Waals surface area contributed by atoms with Gasteiger partial charge in [-0.25, -0.2) is 39.5 Å². The molecular formula is C48H59Cl3N12O4S2. The van der Waals surface area contributed by atoms with Crippen molar-refractivity contribution < 1.29 is 19.1 Å². The molecule has 0 unspecified atom stereocenters. The first-order valence-electron chi connectivity index (χ1n) is 22.3. The molecule has 4 aromatic heterocycles. The highest BCUT2D eigenvalue weighted by molar-refractivity contribution is 7.15. The Morgan fingerprint density at radius 3 is 1.41 bits per heavy atom. The Bertz CT molecular complexity index is 2690. The van der Waals surface area contributed by atoms with Crippen LogP contribution in [0.2, 0.25) is 15.3 Å². The summed E-state index contributed by atoms with van der Waals surface area (Å²) in [6.07, 6.45) is 2.63. The van der Waals surface area contributed by atoms with Crippen LogP contribution in [0.4, 0.5) is 38.3 Å². The number of hydrogen-bond acceptors (Lipinski definition) is 16. The zero-order valence-electron chi connectivity index (χ0n) is 40.6. The normalized spacial score (nSPS) is 14.0. The third kappa shape index (κ3) is 15.2. The van der Waals surface area contributed by atoms with Gasteiger partial charge in [-0.3, -0.25) is 0 Å². The van der Waals surface area contributed by atoms with Crippen molar-refractivity contribution in [3.05, 3.63) is 97.7 Å². The maximum absolute atomic E-state index is 12.3. The van der Waals surface area contributed by atoms with Crippen LogP contribution in [0.1, 0.15) is 62.9 Å². The second kappa shape index (κ2) is 22.9. The SMILES string of the molecule is CC(C)(C)OC(=O)N1CCN(c2ccc(N)cc2)CC1.Cc1nc(C)c(-c2nc(Cl)ncc2Cl)s1.Cc1nc(C)c(-c2nc(Nc3ccc(N4CCN(C(=O)OC(C)(C)C)CC4)cc3)ncc2Cl)s1. The lowest BCUT2D eigenvalue weighted by Gasteiger charge is -2.36. The number of hydrogen-bond donors (Lipinski definition) is 2. The highest BCUT2D eigenvalue weighted by Gasteiger charge is 2.27. The van der Waals surface area contributed by atoms with Crippen molar-refractivity contribution in [3.63, 3.8) is 0 Å². The quantitative estimate of drug-likeness (QED) is 0.119. The van der Waals surface area contributed by atoms with Gasteiger partial charge in [0.05, 0.1) is 53.6 Å². The number of rotatable bonds is 6. The standard InChI is InChI=1S/C24H29ClN6O2S.C15H23N3O2.C9H7Cl2N3S/c1-15-21(34-16(2)27-15)20-19(25)14-26-22(29-20)28-17-6-8-18(9-7-17)30-10-12-31(13-11-30)23(32)33-24(3,4)5;1-15(2,3)20-14(19)18-10-8-17(9-11-18)13-6-4-12(16)5-7-13;1-4-8(15-5(2)13-4)7-6(10)3-12-9(11)14-7/h6-9,14H,10-13H2,1-5H3,(H,26,28,29);4-7H,8-11,16H2,1-3H3;3H,1-2H3. The number of amides is 2. The van der Waals surface area contributed by atoms with Gasteiger partial charge in [-0.1, -0.05) is 23.2 Å². The highest BCUT2D eigenvalue weighted by atomic mass is 35.5. The molecule has 0 radical (unpaired) electrons. The van der Waals surface area contributed by atoms with Crippen LogP contribution >= 0.6 is 57.5 Å². The van der Waals surface area contributed by atoms with Crippen molar-refractivity contribution in [1.82, 2.24) is 39.7 Å². The number of aromatic nitrogens is 6. The lowest BCUT2D eigenvalue weighted by Crippen LogP contribution is -2.50. The van der Waals surface area contributed by atoms with Gasteiger partial charge in [0.25, 0.3) is 0 Å². The Labute approximate surface area is 427 Å². The van der Waals surface area contributed by atoms with E-state index in [-0.39, 0.29) is 17.5 Å². The van der Waals surface area contributed by atoms with Crippen LogP contribution in [0.25, 0.3) is 21.1 Å². The van der Waals surface area contributed by atoms with Gasteiger partial charge >= 0.3 is 12.2 Å². The van der Waals surface area contributed by atoms with E-state index < -0.39 is 11.2 Å². The minimum Gasteiger partial charge on any atom is -0.444 e. The minimum atomic E-state index is -0.482. The number of thiazole rings is 2. The molecule has 0 spiro atoms. The topological polar surface area (TPSA) is 181 Å². The Hall–Kier alpha value is -5.53. The molecule has 2 amide bonds. The zero-order valence-corrected chi connectivity index (χ0v) is 44.5. The molecule has 2 aromatic carbocycles. The number of benzene rings is 2. The van der Waals surface area contributed by atoms with Crippen molar-refractivity contribution in [1.29, 1.82) is 0 Å². The number of carbonyl (C=O) groups is 2. The molecule has 21 heteroatoms. The Morgan fingerprint density at radius 1 is 0.594 bits per heavy atom. The molecule has 69 heavy (non-hydrogen) atoms. The van der Waals surface area contributed by atoms with Crippen LogP contribution in [-0.4, -0.2) is 115 Å². The molecule has 3 N–H and O–H groups in total. The molecule has 2 aliphatic rings. The number of halogens is 3. The van der Waals surface area contributed by atoms with E-state index in [1.54, 1.807) is 38.7 Å². The van der Waals surface area contributed by atoms with E-state index in [1.807, 2.05) is 106 Å². The van der Waals surface area contributed by atoms with Crippen molar-refractivity contribution in [2.45, 2.75) is 80.4 Å². The number of carbonyl (C=O) groups excluding carboxylic acids is 2. The van der Waals surface area contributed by atoms with E-state index in [4.69, 9.17) is 50.0 Å². The van der Waals surface area contributed by atoms with E-state index in [0.29, 0.717) is 53.6 Å². The molecule has 368 valence electrons. The first-order valence-corrected chi connectivity index (χ1v) is 25.1. The average Bonchev–Trinajstić information content (AvgIpc) is 3.82. The second-order valence-corrected chi connectivity index (χ2v) is 21.8. The third-order valence-electron chi connectivity index (χ3n) is 10.3. The largest absolute Gasteiger partial charge is 0.444 e. The van der Waals surface area contributed by atoms with Gasteiger partial charge in [-0.2, -0.15) is 0 Å². The van der Waals surface area contributed by atoms with Gasteiger partial charge in [0.1, 0.15) is 22.6 Å². The fourth-order valence-electron chi connectivity index (χ4n) is 7.11. The predicted octanol–water partition coefficient (Wildman–Crippen LogP) is 11.5. The summed E-state index contributed by atoms with van der Waals surface area (Å²) in [7, 11) is 0. The van der Waals surface area contributed by atoms with Crippen molar-refractivity contribution >= 4 is 98.4 Å². The Kier molecular flexibility index (Phi) is 17.6. The summed E-state index contributed by atoms with van der Waals surface area (Å²) < 4.78 is 10.9. The maximum Gasteiger partial charge on any atom is 0.410 e. The summed E-state index contributed by atoms with van der Waals surface area (Å²) >= 11 is 21.2. The van der Waals surface area contributed by atoms with Crippen LogP contribution in [0, 0.1) is 27.7 Å². The van der Waals surface area contributed by atoms with Crippen LogP contribution in [0.5, 0.6) is 0 Å². The number of piperazine rings is 2. The number of nitrogen functional groups attached to an aromatic ring is 1. The molecule has 2 saturated heterocycles. The van der Waals surface area contributed by atoms with Gasteiger partial charge in [0, 0.05) is 75.1 Å². The lowest BCUT2D eigenvalue weighted by molar-refractivity contribution is 0.0230. The highest BCUT2D eigenvalue weighted by Crippen LogP contribution is 2.35. The molecule has 0 atom stereocenters. The summed E-state index contributed by atoms with van der Waals surface area (Å²) in [5.41, 5.74) is 11.8. The smallest absolute Gasteiger partial charge is 0.410 e. The van der Waals surface area contributed by atoms with E-state index in [2.05, 4.69) is 57.2 Å². The first-order chi connectivity index (χ1) is 32.5. The van der Waals surface area contributed by atoms with Crippen molar-refractivity contribution in [2.75, 3.05) is 73.2 Å². The average molecular weight is 1040 g/mol. The summed E-state index contributed by atoms with van der Waals surface area (Å²) in [5, 5.41) is 6.39. The summed E-state index contributed by atoms with van der Waals surface area (Å²) in [5.74, 6) is 0.476. The number of nitrogens with two attached hydrogens (primary N) is 1. The van der Waals surface area contributed by atoms with Crippen LogP contribution < -0.4 is 20.9 Å². The molecule has 2 aliphatic heterocycles. The van der Waals surface area contributed by atoms with E-state index in [1.165, 1.54) is 6.20 Å². The fraction of sp³-hybridized carbons (Fsp3) is 0.417. The van der Waals surface area contributed by atoms with E-state index >= 15 is 0 Å². The van der Waals surface area contributed by atoms with Gasteiger partial charge in [0.2, 0.25) is 11.2 Å². The second-order valence-electron chi connectivity index (χ2n) is 18.2. The summed E-state index contributed by atoms with van der Waals surface area (Å²) in [4.78, 5) is 59.9. The molecule has 0 bridgehead atoms. The van der Waals surface area contributed by atoms with Gasteiger partial charge in [0.15, 0.2) is 0 Å². The molecule has 16 nitrogen and oxygen atoms in total. The molecule has 6 aromatic rings. The Morgan fingerprint density at radius 2 is 1.00 bits per heavy atom. The molecule has 8 rings (SSSR count). The zero-order chi connectivity index (χ0) is 50.2. The number of aryl methyl sites for hydroxylation is 4. The maximum atomic E-state index is 12.3. The fourth-order valence-corrected chi connectivity index (χ4v) is 9.57. The lowest BCUT2D eigenvalue weighted by atomic mass is 10.2. The monoisotopic (exact) mass is 1040 g/mol. The predicted molar refractivity (Wildman–Crippen MR) is 281 cm³/mol. The number of ether oxygens (including phenoxy) is 2. The van der Waals surface area contributed by atoms with Crippen LogP contribution in [0.15, 0.2) is 60.9 Å². The van der Waals surface area contributed by atoms with E-state index in [9.17, 15) is 9.59 Å². The third-order valence-corrected chi connectivity index (χ3v) is 13.2. The Balaban J connectivity index is 0.000000188. The van der Waals surface area contributed by atoms with Gasteiger partial charge < -0.3 is 40.1 Å². The first kappa shape index (κ1) is 52.8. The number of nitrogens with one attached hydrogen (secondary N) is 1. The summed E-state index contributed by atoms with van der Waals surface area (Å²) in [6, 6.07) is 15.9. The number of nitrogens with zero attached hydrogens (tertiary/aromatic N) is 10. The summed E-state index contributed by atoms with van der Waals surface area (Å²) in [6.45, 7) is 24.8. The molecule has 2 fully saturated rings. The number of anilines is 5.